The lowest BCUT2D eigenvalue weighted by molar-refractivity contribution is 0.190. The standard InChI is InChI=1S/C9H14N4OS/c1-6(5-14-2)12-9-11-4-3-7(13-9)8(10)15/h3-4,6H,5H2,1-2H3,(H2,10,15)(H,11,12,13). The number of nitrogens with zero attached hydrogens (tertiary/aromatic N) is 2. The fraction of sp³-hybridized carbons (Fsp3) is 0.444. The number of ether oxygens (including phenoxy) is 1. The number of anilines is 1. The van der Waals surface area contributed by atoms with E-state index in [0.717, 1.165) is 0 Å². The summed E-state index contributed by atoms with van der Waals surface area (Å²) in [6, 6.07) is 1.81. The minimum atomic E-state index is 0.136. The SMILES string of the molecule is COCC(C)Nc1nccc(C(N)=S)n1. The topological polar surface area (TPSA) is 73.1 Å². The van der Waals surface area contributed by atoms with Crippen LogP contribution in [-0.2, 0) is 4.74 Å². The van der Waals surface area contributed by atoms with Crippen molar-refractivity contribution in [2.75, 3.05) is 19.0 Å². The van der Waals surface area contributed by atoms with Gasteiger partial charge in [-0.15, -0.1) is 0 Å². The number of rotatable bonds is 5. The van der Waals surface area contributed by atoms with E-state index in [2.05, 4.69) is 15.3 Å². The van der Waals surface area contributed by atoms with Crippen LogP contribution in [0.2, 0.25) is 0 Å². The van der Waals surface area contributed by atoms with Crippen LogP contribution in [0.25, 0.3) is 0 Å². The Kier molecular flexibility index (Phi) is 4.38. The van der Waals surface area contributed by atoms with Gasteiger partial charge in [0.25, 0.3) is 0 Å². The Morgan fingerprint density at radius 2 is 2.47 bits per heavy atom. The fourth-order valence-corrected chi connectivity index (χ4v) is 1.19. The molecule has 5 nitrogen and oxygen atoms in total. The van der Waals surface area contributed by atoms with Crippen molar-refractivity contribution in [1.82, 2.24) is 9.97 Å². The predicted octanol–water partition coefficient (Wildman–Crippen LogP) is 0.558. The molecule has 0 fully saturated rings. The highest BCUT2D eigenvalue weighted by Gasteiger charge is 2.05. The number of methoxy groups -OCH3 is 1. The summed E-state index contributed by atoms with van der Waals surface area (Å²) >= 11 is 4.82. The summed E-state index contributed by atoms with van der Waals surface area (Å²) < 4.78 is 4.98. The second-order valence-corrected chi connectivity index (χ2v) is 3.57. The third kappa shape index (κ3) is 3.77. The molecule has 0 saturated carbocycles. The molecule has 1 atom stereocenters. The Morgan fingerprint density at radius 1 is 1.73 bits per heavy atom. The molecule has 3 N–H and O–H groups in total. The molecule has 0 aromatic carbocycles. The molecule has 1 unspecified atom stereocenters. The lowest BCUT2D eigenvalue weighted by Gasteiger charge is -2.12. The monoisotopic (exact) mass is 226 g/mol. The molecule has 82 valence electrons. The predicted molar refractivity (Wildman–Crippen MR) is 62.9 cm³/mol. The lowest BCUT2D eigenvalue weighted by Crippen LogP contribution is -2.23. The number of hydrogen-bond donors (Lipinski definition) is 2. The van der Waals surface area contributed by atoms with Crippen molar-refractivity contribution >= 4 is 23.2 Å². The zero-order chi connectivity index (χ0) is 11.3. The smallest absolute Gasteiger partial charge is 0.223 e. The van der Waals surface area contributed by atoms with E-state index < -0.39 is 0 Å². The van der Waals surface area contributed by atoms with Gasteiger partial charge in [-0.1, -0.05) is 12.2 Å². The zero-order valence-electron chi connectivity index (χ0n) is 8.73. The van der Waals surface area contributed by atoms with Gasteiger partial charge in [0, 0.05) is 19.3 Å². The number of thiocarbonyl (C=S) groups is 1. The van der Waals surface area contributed by atoms with E-state index in [4.69, 9.17) is 22.7 Å². The van der Waals surface area contributed by atoms with Crippen molar-refractivity contribution in [3.63, 3.8) is 0 Å². The summed E-state index contributed by atoms with van der Waals surface area (Å²) in [6.45, 7) is 2.56. The third-order valence-corrected chi connectivity index (χ3v) is 1.91. The van der Waals surface area contributed by atoms with Gasteiger partial charge in [0.05, 0.1) is 6.61 Å². The largest absolute Gasteiger partial charge is 0.388 e. The molecule has 1 heterocycles. The second kappa shape index (κ2) is 5.57. The summed E-state index contributed by atoms with van der Waals surface area (Å²) in [4.78, 5) is 8.47. The summed E-state index contributed by atoms with van der Waals surface area (Å²) in [6.07, 6.45) is 1.61. The lowest BCUT2D eigenvalue weighted by atomic mass is 10.3. The molecule has 1 aromatic rings. The highest BCUT2D eigenvalue weighted by Crippen LogP contribution is 2.02. The number of aromatic nitrogens is 2. The first kappa shape index (κ1) is 11.8. The van der Waals surface area contributed by atoms with E-state index in [1.165, 1.54) is 0 Å². The molecule has 0 amide bonds. The van der Waals surface area contributed by atoms with Crippen LogP contribution in [0, 0.1) is 0 Å². The van der Waals surface area contributed by atoms with E-state index in [1.54, 1.807) is 19.4 Å². The average molecular weight is 226 g/mol. The second-order valence-electron chi connectivity index (χ2n) is 3.13. The summed E-state index contributed by atoms with van der Waals surface area (Å²) in [5.41, 5.74) is 6.02. The molecule has 15 heavy (non-hydrogen) atoms. The van der Waals surface area contributed by atoms with Crippen LogP contribution in [0.1, 0.15) is 12.6 Å². The maximum Gasteiger partial charge on any atom is 0.223 e. The van der Waals surface area contributed by atoms with Crippen molar-refractivity contribution in [2.24, 2.45) is 5.73 Å². The molecule has 1 aromatic heterocycles. The molecule has 0 aliphatic carbocycles. The van der Waals surface area contributed by atoms with Crippen LogP contribution < -0.4 is 11.1 Å². The third-order valence-electron chi connectivity index (χ3n) is 1.70. The van der Waals surface area contributed by atoms with Crippen molar-refractivity contribution in [3.05, 3.63) is 18.0 Å². The van der Waals surface area contributed by atoms with Gasteiger partial charge < -0.3 is 15.8 Å². The van der Waals surface area contributed by atoms with Gasteiger partial charge in [0.1, 0.15) is 10.7 Å². The molecular weight excluding hydrogens is 212 g/mol. The van der Waals surface area contributed by atoms with Gasteiger partial charge in [0.15, 0.2) is 0 Å². The highest BCUT2D eigenvalue weighted by molar-refractivity contribution is 7.80. The fourth-order valence-electron chi connectivity index (χ4n) is 1.08. The maximum absolute atomic E-state index is 5.46. The molecule has 0 aliphatic rings. The van der Waals surface area contributed by atoms with E-state index in [9.17, 15) is 0 Å². The maximum atomic E-state index is 5.46. The van der Waals surface area contributed by atoms with E-state index in [0.29, 0.717) is 18.2 Å². The highest BCUT2D eigenvalue weighted by atomic mass is 32.1. The van der Waals surface area contributed by atoms with Gasteiger partial charge >= 0.3 is 0 Å². The number of nitrogens with two attached hydrogens (primary N) is 1. The van der Waals surface area contributed by atoms with Crippen molar-refractivity contribution in [1.29, 1.82) is 0 Å². The van der Waals surface area contributed by atoms with Crippen LogP contribution in [-0.4, -0.2) is 34.7 Å². The molecule has 0 spiro atoms. The number of hydrogen-bond acceptors (Lipinski definition) is 5. The first-order valence-electron chi connectivity index (χ1n) is 4.52. The van der Waals surface area contributed by atoms with Gasteiger partial charge in [-0.3, -0.25) is 0 Å². The van der Waals surface area contributed by atoms with E-state index in [1.807, 2.05) is 6.92 Å². The van der Waals surface area contributed by atoms with E-state index in [-0.39, 0.29) is 11.0 Å². The Balaban J connectivity index is 2.69. The molecular formula is C9H14N4OS. The van der Waals surface area contributed by atoms with Gasteiger partial charge in [-0.25, -0.2) is 9.97 Å². The Labute approximate surface area is 94.1 Å². The van der Waals surface area contributed by atoms with Gasteiger partial charge in [-0.2, -0.15) is 0 Å². The minimum Gasteiger partial charge on any atom is -0.388 e. The van der Waals surface area contributed by atoms with Crippen LogP contribution >= 0.6 is 12.2 Å². The average Bonchev–Trinajstić information content (AvgIpc) is 2.18. The molecule has 6 heteroatoms. The minimum absolute atomic E-state index is 0.136. The molecule has 1 rings (SSSR count). The van der Waals surface area contributed by atoms with Crippen LogP contribution in [0.5, 0.6) is 0 Å². The van der Waals surface area contributed by atoms with Crippen LogP contribution in [0.3, 0.4) is 0 Å². The van der Waals surface area contributed by atoms with Gasteiger partial charge in [0.2, 0.25) is 5.95 Å². The van der Waals surface area contributed by atoms with Crippen LogP contribution in [0.15, 0.2) is 12.3 Å². The Bertz CT molecular complexity index is 345. The van der Waals surface area contributed by atoms with Crippen molar-refractivity contribution < 1.29 is 4.74 Å². The quantitative estimate of drug-likeness (QED) is 0.715. The van der Waals surface area contributed by atoms with Crippen molar-refractivity contribution in [2.45, 2.75) is 13.0 Å². The molecule has 0 saturated heterocycles. The van der Waals surface area contributed by atoms with Gasteiger partial charge in [-0.05, 0) is 13.0 Å². The summed E-state index contributed by atoms with van der Waals surface area (Å²) in [5.74, 6) is 0.504. The van der Waals surface area contributed by atoms with E-state index >= 15 is 0 Å². The summed E-state index contributed by atoms with van der Waals surface area (Å²) in [5, 5.41) is 3.08. The summed E-state index contributed by atoms with van der Waals surface area (Å²) in [7, 11) is 1.64. The van der Waals surface area contributed by atoms with Crippen molar-refractivity contribution in [3.8, 4) is 0 Å². The Morgan fingerprint density at radius 3 is 3.07 bits per heavy atom. The normalized spacial score (nSPS) is 12.1. The molecule has 0 radical (unpaired) electrons. The molecule has 0 bridgehead atoms. The first-order chi connectivity index (χ1) is 7.13. The van der Waals surface area contributed by atoms with Crippen LogP contribution in [0.4, 0.5) is 5.95 Å². The molecule has 0 aliphatic heterocycles. The Hall–Kier alpha value is -1.27. The zero-order valence-corrected chi connectivity index (χ0v) is 9.54. The first-order valence-corrected chi connectivity index (χ1v) is 4.92. The number of nitrogens with one attached hydrogen (secondary N) is 1.